The maximum atomic E-state index is 5.03. The Morgan fingerprint density at radius 1 is 0.576 bits per heavy atom. The molecule has 2 aliphatic heterocycles. The molecular formula is C28H18BN3Si. The zero-order valence-electron chi connectivity index (χ0n) is 17.8. The van der Waals surface area contributed by atoms with Crippen molar-refractivity contribution in [3.05, 3.63) is 132 Å². The Labute approximate surface area is 195 Å². The van der Waals surface area contributed by atoms with Crippen LogP contribution < -0.4 is 26.9 Å². The van der Waals surface area contributed by atoms with Gasteiger partial charge in [0.25, 0.3) is 6.71 Å². The molecule has 5 aromatic rings. The molecule has 0 fully saturated rings. The molecule has 152 valence electrons. The summed E-state index contributed by atoms with van der Waals surface area (Å²) in [5.41, 5.74) is 7.63. The van der Waals surface area contributed by atoms with Gasteiger partial charge in [-0.1, -0.05) is 83.7 Å². The van der Waals surface area contributed by atoms with Gasteiger partial charge in [-0.3, -0.25) is 15.0 Å². The van der Waals surface area contributed by atoms with Crippen molar-refractivity contribution in [3.8, 4) is 0 Å². The lowest BCUT2D eigenvalue weighted by molar-refractivity contribution is 0.696. The highest BCUT2D eigenvalue weighted by Gasteiger charge is 2.53. The summed E-state index contributed by atoms with van der Waals surface area (Å²) in [6.07, 6.45) is 5.75. The normalized spacial score (nSPS) is 14.7. The summed E-state index contributed by atoms with van der Waals surface area (Å²) in [7, 11) is 0.538. The maximum Gasteiger partial charge on any atom is 0.265 e. The van der Waals surface area contributed by atoms with E-state index in [1.54, 1.807) is 0 Å². The number of nitrogens with zero attached hydrogens (tertiary/aromatic N) is 3. The largest absolute Gasteiger partial charge is 0.270 e. The third-order valence-electron chi connectivity index (χ3n) is 6.92. The van der Waals surface area contributed by atoms with E-state index in [0.29, 0.717) is 9.52 Å². The summed E-state index contributed by atoms with van der Waals surface area (Å²) in [4.78, 5) is 15.1. The standard InChI is InChI=1S/C28H18BN3Si/c1-2-9-19(10-3-1)29-22-13-5-4-11-20(22)28(21-12-6-18-32-27(21)29)25-23(14-7-16-30-25)33-24-15-8-17-31-26(24)28/h1-18H. The number of rotatable bonds is 1. The van der Waals surface area contributed by atoms with Crippen molar-refractivity contribution in [2.24, 2.45) is 0 Å². The molecule has 3 aromatic heterocycles. The van der Waals surface area contributed by atoms with E-state index in [2.05, 4.69) is 78.9 Å². The van der Waals surface area contributed by atoms with Gasteiger partial charge in [0.15, 0.2) is 0 Å². The minimum Gasteiger partial charge on any atom is -0.270 e. The summed E-state index contributed by atoms with van der Waals surface area (Å²) >= 11 is 0. The van der Waals surface area contributed by atoms with Crippen LogP contribution in [0.25, 0.3) is 0 Å². The number of hydrogen-bond donors (Lipinski definition) is 0. The lowest BCUT2D eigenvalue weighted by atomic mass is 9.32. The molecule has 0 N–H and O–H groups in total. The summed E-state index contributed by atoms with van der Waals surface area (Å²) in [6.45, 7) is 0.0629. The lowest BCUT2D eigenvalue weighted by Gasteiger charge is -2.45. The Morgan fingerprint density at radius 3 is 1.94 bits per heavy atom. The molecule has 0 atom stereocenters. The van der Waals surface area contributed by atoms with Crippen molar-refractivity contribution >= 4 is 43.1 Å². The van der Waals surface area contributed by atoms with E-state index in [0.717, 1.165) is 17.0 Å². The first-order valence-electron chi connectivity index (χ1n) is 11.2. The van der Waals surface area contributed by atoms with Gasteiger partial charge in [-0.25, -0.2) is 0 Å². The molecule has 2 aromatic carbocycles. The Balaban J connectivity index is 1.67. The van der Waals surface area contributed by atoms with Gasteiger partial charge < -0.3 is 0 Å². The van der Waals surface area contributed by atoms with Crippen molar-refractivity contribution < 1.29 is 0 Å². The number of hydrogen-bond acceptors (Lipinski definition) is 3. The minimum atomic E-state index is -0.579. The zero-order chi connectivity index (χ0) is 21.8. The number of aromatic nitrogens is 3. The molecule has 2 radical (unpaired) electrons. The fraction of sp³-hybridized carbons (Fsp3) is 0.0357. The van der Waals surface area contributed by atoms with Gasteiger partial charge >= 0.3 is 0 Å². The molecular weight excluding hydrogens is 417 g/mol. The van der Waals surface area contributed by atoms with E-state index in [-0.39, 0.29) is 6.71 Å². The summed E-state index contributed by atoms with van der Waals surface area (Å²) in [5, 5.41) is 2.56. The van der Waals surface area contributed by atoms with Crippen LogP contribution in [0.1, 0.15) is 22.5 Å². The second kappa shape index (κ2) is 7.09. The summed E-state index contributed by atoms with van der Waals surface area (Å²) in [6, 6.07) is 32.4. The van der Waals surface area contributed by atoms with Crippen molar-refractivity contribution in [1.29, 1.82) is 0 Å². The average molecular weight is 435 g/mol. The highest BCUT2D eigenvalue weighted by molar-refractivity contribution is 6.96. The Kier molecular flexibility index (Phi) is 4.02. The Morgan fingerprint density at radius 2 is 1.18 bits per heavy atom. The molecule has 5 heterocycles. The van der Waals surface area contributed by atoms with Gasteiger partial charge in [-0.2, -0.15) is 0 Å². The van der Waals surface area contributed by atoms with E-state index >= 15 is 0 Å². The van der Waals surface area contributed by atoms with E-state index in [1.165, 1.54) is 32.4 Å². The quantitative estimate of drug-likeness (QED) is 0.362. The topological polar surface area (TPSA) is 38.7 Å². The molecule has 0 saturated heterocycles. The highest BCUT2D eigenvalue weighted by Crippen LogP contribution is 2.43. The van der Waals surface area contributed by atoms with Gasteiger partial charge in [0, 0.05) is 24.2 Å². The van der Waals surface area contributed by atoms with Gasteiger partial charge in [0.2, 0.25) is 0 Å². The number of pyridine rings is 3. The van der Waals surface area contributed by atoms with Crippen molar-refractivity contribution in [3.63, 3.8) is 0 Å². The van der Waals surface area contributed by atoms with E-state index in [4.69, 9.17) is 15.0 Å². The zero-order valence-corrected chi connectivity index (χ0v) is 18.8. The van der Waals surface area contributed by atoms with E-state index in [1.807, 2.05) is 30.7 Å². The van der Waals surface area contributed by atoms with Crippen LogP contribution in [0.3, 0.4) is 0 Å². The molecule has 0 amide bonds. The predicted octanol–water partition coefficient (Wildman–Crippen LogP) is 1.05. The second-order valence-corrected chi connectivity index (χ2v) is 9.87. The van der Waals surface area contributed by atoms with Crippen LogP contribution in [0.2, 0.25) is 0 Å². The Bertz CT molecular complexity index is 1420. The van der Waals surface area contributed by atoms with Crippen LogP contribution >= 0.6 is 0 Å². The first-order valence-corrected chi connectivity index (χ1v) is 12.2. The average Bonchev–Trinajstić information content (AvgIpc) is 2.89. The maximum absolute atomic E-state index is 5.03. The highest BCUT2D eigenvalue weighted by atomic mass is 28.2. The molecule has 0 unspecified atom stereocenters. The smallest absolute Gasteiger partial charge is 0.265 e. The third-order valence-corrected chi connectivity index (χ3v) is 8.27. The van der Waals surface area contributed by atoms with Crippen LogP contribution in [0.4, 0.5) is 0 Å². The molecule has 2 aliphatic rings. The van der Waals surface area contributed by atoms with Gasteiger partial charge in [0.1, 0.15) is 14.9 Å². The number of fused-ring (bicyclic) bond motifs is 8. The SMILES string of the molecule is c1ccc(B2c3ccccc3C3(c4cccnc42)c2ncccc2[Si]c2cccnc23)cc1. The van der Waals surface area contributed by atoms with Crippen LogP contribution in [0, 0.1) is 0 Å². The molecule has 7 rings (SSSR count). The van der Waals surface area contributed by atoms with Crippen LogP contribution in [0.5, 0.6) is 0 Å². The lowest BCUT2D eigenvalue weighted by Crippen LogP contribution is -2.65. The second-order valence-electron chi connectivity index (χ2n) is 8.54. The summed E-state index contributed by atoms with van der Waals surface area (Å²) < 4.78 is 0. The van der Waals surface area contributed by atoms with Crippen molar-refractivity contribution in [2.75, 3.05) is 0 Å². The molecule has 0 aliphatic carbocycles. The molecule has 0 saturated carbocycles. The fourth-order valence-corrected chi connectivity index (χ4v) is 7.10. The minimum absolute atomic E-state index is 0.0629. The summed E-state index contributed by atoms with van der Waals surface area (Å²) in [5.74, 6) is 0. The fourth-order valence-electron chi connectivity index (χ4n) is 5.71. The molecule has 3 nitrogen and oxygen atoms in total. The van der Waals surface area contributed by atoms with Crippen molar-refractivity contribution in [2.45, 2.75) is 5.41 Å². The monoisotopic (exact) mass is 435 g/mol. The predicted molar refractivity (Wildman–Crippen MR) is 134 cm³/mol. The third kappa shape index (κ3) is 2.48. The van der Waals surface area contributed by atoms with E-state index < -0.39 is 5.41 Å². The molecule has 0 bridgehead atoms. The molecule has 5 heteroatoms. The Hall–Kier alpha value is -3.83. The van der Waals surface area contributed by atoms with Crippen LogP contribution in [0.15, 0.2) is 110 Å². The molecule has 1 spiro atoms. The van der Waals surface area contributed by atoms with Gasteiger partial charge in [-0.15, -0.1) is 0 Å². The van der Waals surface area contributed by atoms with Crippen molar-refractivity contribution in [1.82, 2.24) is 15.0 Å². The van der Waals surface area contributed by atoms with Gasteiger partial charge in [-0.05, 0) is 39.7 Å². The van der Waals surface area contributed by atoms with Crippen LogP contribution in [-0.2, 0) is 5.41 Å². The van der Waals surface area contributed by atoms with Crippen LogP contribution in [-0.4, -0.2) is 31.2 Å². The van der Waals surface area contributed by atoms with Gasteiger partial charge in [0.05, 0.1) is 11.4 Å². The molecule has 33 heavy (non-hydrogen) atoms. The first-order chi connectivity index (χ1) is 16.4. The first kappa shape index (κ1) is 18.7. The number of benzene rings is 2. The van der Waals surface area contributed by atoms with E-state index in [9.17, 15) is 0 Å².